The summed E-state index contributed by atoms with van der Waals surface area (Å²) < 4.78 is 12.5. The molecule has 1 saturated heterocycles. The summed E-state index contributed by atoms with van der Waals surface area (Å²) in [5.74, 6) is 0.308. The lowest BCUT2D eigenvalue weighted by Gasteiger charge is -2.30. The van der Waals surface area contributed by atoms with E-state index in [-0.39, 0.29) is 6.10 Å². The molecule has 0 bridgehead atoms. The number of likely N-dealkylation sites (tertiary alicyclic amines) is 1. The Bertz CT molecular complexity index is 925. The van der Waals surface area contributed by atoms with Crippen LogP contribution < -0.4 is 4.74 Å². The van der Waals surface area contributed by atoms with Crippen LogP contribution in [0.3, 0.4) is 0 Å². The van der Waals surface area contributed by atoms with Gasteiger partial charge in [0.2, 0.25) is 5.60 Å². The van der Waals surface area contributed by atoms with E-state index in [9.17, 15) is 9.90 Å². The fraction of sp³-hybridized carbons (Fsp3) is 0.375. The molecule has 5 nitrogen and oxygen atoms in total. The Morgan fingerprint density at radius 1 is 1.10 bits per heavy atom. The third kappa shape index (κ3) is 5.01. The molecule has 164 valence electrons. The van der Waals surface area contributed by atoms with Crippen LogP contribution in [0.25, 0.3) is 0 Å². The zero-order valence-corrected chi connectivity index (χ0v) is 19.2. The number of carbonyl (C=O) groups is 1. The minimum Gasteiger partial charge on any atom is -0.493 e. The molecular weight excluding hydrogens is 430 g/mol. The highest BCUT2D eigenvalue weighted by Gasteiger charge is 2.46. The molecule has 0 spiro atoms. The van der Waals surface area contributed by atoms with Crippen LogP contribution in [0.15, 0.2) is 65.4 Å². The van der Waals surface area contributed by atoms with Crippen molar-refractivity contribution in [2.75, 3.05) is 33.3 Å². The van der Waals surface area contributed by atoms with Crippen LogP contribution in [0.5, 0.6) is 5.75 Å². The van der Waals surface area contributed by atoms with Gasteiger partial charge in [0.1, 0.15) is 12.3 Å². The molecule has 3 aromatic rings. The lowest BCUT2D eigenvalue weighted by molar-refractivity contribution is -0.899. The predicted molar refractivity (Wildman–Crippen MR) is 123 cm³/mol. The zero-order valence-electron chi connectivity index (χ0n) is 17.6. The lowest BCUT2D eigenvalue weighted by Crippen LogP contribution is -2.45. The van der Waals surface area contributed by atoms with Gasteiger partial charge in [-0.05, 0) is 35.0 Å². The van der Waals surface area contributed by atoms with E-state index >= 15 is 0 Å². The summed E-state index contributed by atoms with van der Waals surface area (Å²) in [5, 5.41) is 15.1. The fourth-order valence-corrected chi connectivity index (χ4v) is 5.82. The van der Waals surface area contributed by atoms with Crippen LogP contribution in [0.4, 0.5) is 0 Å². The number of esters is 1. The number of hydrogen-bond acceptors (Lipinski definition) is 6. The maximum Gasteiger partial charge on any atom is 0.349 e. The first-order valence-corrected chi connectivity index (χ1v) is 12.3. The summed E-state index contributed by atoms with van der Waals surface area (Å²) in [5.41, 5.74) is -1.74. The van der Waals surface area contributed by atoms with Crippen molar-refractivity contribution < 1.29 is 23.9 Å². The van der Waals surface area contributed by atoms with Gasteiger partial charge in [-0.15, -0.1) is 22.7 Å². The predicted octanol–water partition coefficient (Wildman–Crippen LogP) is 4.28. The summed E-state index contributed by atoms with van der Waals surface area (Å²) in [4.78, 5) is 14.3. The van der Waals surface area contributed by atoms with Crippen molar-refractivity contribution in [3.05, 3.63) is 75.1 Å². The third-order valence-corrected chi connectivity index (χ3v) is 7.77. The largest absolute Gasteiger partial charge is 0.493 e. The molecule has 1 N–H and O–H groups in total. The van der Waals surface area contributed by atoms with Crippen molar-refractivity contribution in [3.8, 4) is 5.75 Å². The molecule has 4 rings (SSSR count). The van der Waals surface area contributed by atoms with Gasteiger partial charge < -0.3 is 19.1 Å². The molecule has 2 aromatic heterocycles. The minimum absolute atomic E-state index is 0.195. The van der Waals surface area contributed by atoms with Gasteiger partial charge in [0, 0.05) is 12.8 Å². The second-order valence-electron chi connectivity index (χ2n) is 8.25. The molecular formula is C24H28NO4S2+. The average molecular weight is 459 g/mol. The number of hydrogen-bond donors (Lipinski definition) is 1. The first kappa shape index (κ1) is 22.0. The van der Waals surface area contributed by atoms with Crippen LogP contribution >= 0.6 is 22.7 Å². The number of thiophene rings is 2. The van der Waals surface area contributed by atoms with Crippen molar-refractivity contribution in [1.29, 1.82) is 0 Å². The molecule has 0 saturated carbocycles. The highest BCUT2D eigenvalue weighted by atomic mass is 32.1. The van der Waals surface area contributed by atoms with Crippen LogP contribution in [-0.4, -0.2) is 55.0 Å². The quantitative estimate of drug-likeness (QED) is 0.295. The van der Waals surface area contributed by atoms with E-state index < -0.39 is 11.6 Å². The number of rotatable bonds is 9. The highest BCUT2D eigenvalue weighted by molar-refractivity contribution is 7.12. The molecule has 7 heteroatoms. The number of para-hydroxylation sites is 1. The van der Waals surface area contributed by atoms with Gasteiger partial charge in [-0.3, -0.25) is 0 Å². The van der Waals surface area contributed by atoms with Gasteiger partial charge in [-0.25, -0.2) is 4.79 Å². The molecule has 1 aliphatic heterocycles. The van der Waals surface area contributed by atoms with Gasteiger partial charge in [0.05, 0.1) is 36.5 Å². The maximum absolute atomic E-state index is 13.2. The molecule has 3 heterocycles. The first-order chi connectivity index (χ1) is 15.0. The Hall–Kier alpha value is -2.19. The summed E-state index contributed by atoms with van der Waals surface area (Å²) >= 11 is 2.73. The van der Waals surface area contributed by atoms with Crippen LogP contribution in [-0.2, 0) is 15.1 Å². The first-order valence-electron chi connectivity index (χ1n) is 10.5. The summed E-state index contributed by atoms with van der Waals surface area (Å²) in [7, 11) is 2.20. The Kier molecular flexibility index (Phi) is 6.77. The number of benzene rings is 1. The Balaban J connectivity index is 1.33. The van der Waals surface area contributed by atoms with Gasteiger partial charge in [0.15, 0.2) is 6.10 Å². The molecule has 1 aromatic carbocycles. The molecule has 1 aliphatic rings. The highest BCUT2D eigenvalue weighted by Crippen LogP contribution is 2.37. The van der Waals surface area contributed by atoms with E-state index in [2.05, 4.69) is 7.05 Å². The summed E-state index contributed by atoms with van der Waals surface area (Å²) in [6.07, 6.45) is 1.53. The number of nitrogens with zero attached hydrogens (tertiary/aromatic N) is 1. The SMILES string of the molecule is C[N+]1(CCCOc2ccccc2)CC[C@H](OC(=O)C(O)(c2cccs2)c2cccs2)C1. The number of likely N-dealkylation sites (N-methyl/N-ethyl adjacent to an activating group) is 1. The second kappa shape index (κ2) is 9.53. The molecule has 1 fully saturated rings. The Morgan fingerprint density at radius 2 is 1.77 bits per heavy atom. The van der Waals surface area contributed by atoms with E-state index in [0.717, 1.165) is 42.7 Å². The van der Waals surface area contributed by atoms with Gasteiger partial charge in [0.25, 0.3) is 0 Å². The topological polar surface area (TPSA) is 55.8 Å². The smallest absolute Gasteiger partial charge is 0.349 e. The molecule has 31 heavy (non-hydrogen) atoms. The number of aliphatic hydroxyl groups is 1. The average Bonchev–Trinajstić information content (AvgIpc) is 3.54. The Morgan fingerprint density at radius 3 is 2.39 bits per heavy atom. The van der Waals surface area contributed by atoms with E-state index in [1.807, 2.05) is 53.2 Å². The third-order valence-electron chi connectivity index (χ3n) is 5.81. The normalized spacial score (nSPS) is 21.2. The number of carbonyl (C=O) groups excluding carboxylic acids is 1. The summed E-state index contributed by atoms with van der Waals surface area (Å²) in [6.45, 7) is 3.32. The minimum atomic E-state index is -1.74. The molecule has 2 atom stereocenters. The lowest BCUT2D eigenvalue weighted by atomic mass is 10.00. The van der Waals surface area contributed by atoms with E-state index in [1.165, 1.54) is 22.7 Å². The fourth-order valence-electron chi connectivity index (χ4n) is 4.11. The molecule has 0 radical (unpaired) electrons. The van der Waals surface area contributed by atoms with Crippen molar-refractivity contribution >= 4 is 28.6 Å². The second-order valence-corrected chi connectivity index (χ2v) is 10.1. The Labute approximate surface area is 191 Å². The number of ether oxygens (including phenoxy) is 2. The zero-order chi connectivity index (χ0) is 21.7. The van der Waals surface area contributed by atoms with Crippen molar-refractivity contribution in [1.82, 2.24) is 0 Å². The standard InChI is InChI=1S/C24H28NO4S2/c1-25(13-7-15-28-19-8-3-2-4-9-19)14-12-20(18-25)29-23(26)24(27,21-10-5-16-30-21)22-11-6-17-31-22/h2-6,8-11,16-17,20,27H,7,12-15,18H2,1H3/q+1/t20-,25?/m0/s1. The van der Waals surface area contributed by atoms with E-state index in [1.54, 1.807) is 12.1 Å². The monoisotopic (exact) mass is 458 g/mol. The van der Waals surface area contributed by atoms with Crippen LogP contribution in [0.2, 0.25) is 0 Å². The van der Waals surface area contributed by atoms with E-state index in [4.69, 9.17) is 9.47 Å². The summed E-state index contributed by atoms with van der Waals surface area (Å²) in [6, 6.07) is 17.1. The van der Waals surface area contributed by atoms with Gasteiger partial charge in [-0.2, -0.15) is 0 Å². The molecule has 1 unspecified atom stereocenters. The molecule has 0 aliphatic carbocycles. The van der Waals surface area contributed by atoms with Gasteiger partial charge >= 0.3 is 5.97 Å². The van der Waals surface area contributed by atoms with Crippen molar-refractivity contribution in [3.63, 3.8) is 0 Å². The number of quaternary nitrogens is 1. The maximum atomic E-state index is 13.2. The van der Waals surface area contributed by atoms with Gasteiger partial charge in [-0.1, -0.05) is 30.3 Å². The van der Waals surface area contributed by atoms with Crippen LogP contribution in [0.1, 0.15) is 22.6 Å². The van der Waals surface area contributed by atoms with Crippen molar-refractivity contribution in [2.24, 2.45) is 0 Å². The van der Waals surface area contributed by atoms with Crippen LogP contribution in [0, 0.1) is 0 Å². The van der Waals surface area contributed by atoms with Crippen molar-refractivity contribution in [2.45, 2.75) is 24.5 Å². The van der Waals surface area contributed by atoms with E-state index in [0.29, 0.717) is 16.4 Å². The molecule has 0 amide bonds.